The number of piperazine rings is 1. The van der Waals surface area contributed by atoms with Crippen molar-refractivity contribution < 1.29 is 0 Å². The minimum atomic E-state index is 0.558. The molecule has 156 valence electrons. The van der Waals surface area contributed by atoms with E-state index in [1.807, 2.05) is 0 Å². The first-order chi connectivity index (χ1) is 13.5. The highest BCUT2D eigenvalue weighted by molar-refractivity contribution is 5.33. The average Bonchev–Trinajstić information content (AvgIpc) is 2.68. The second-order valence-corrected chi connectivity index (χ2v) is 10.4. The Bertz CT molecular complexity index is 647. The highest BCUT2D eigenvalue weighted by atomic mass is 15.3. The number of nitrogens with one attached hydrogen (secondary N) is 1. The van der Waals surface area contributed by atoms with Crippen LogP contribution in [0.2, 0.25) is 0 Å². The monoisotopic (exact) mass is 383 g/mol. The zero-order chi connectivity index (χ0) is 19.7. The van der Waals surface area contributed by atoms with Gasteiger partial charge in [0.1, 0.15) is 0 Å². The summed E-state index contributed by atoms with van der Waals surface area (Å²) in [6, 6.07) is 10.7. The van der Waals surface area contributed by atoms with Gasteiger partial charge in [0, 0.05) is 38.3 Å². The van der Waals surface area contributed by atoms with Gasteiger partial charge in [0.05, 0.1) is 0 Å². The molecule has 0 radical (unpaired) electrons. The second-order valence-electron chi connectivity index (χ2n) is 10.4. The van der Waals surface area contributed by atoms with Crippen molar-refractivity contribution in [2.45, 2.75) is 71.4 Å². The predicted molar refractivity (Wildman–Crippen MR) is 119 cm³/mol. The molecule has 2 heterocycles. The van der Waals surface area contributed by atoms with Crippen LogP contribution in [-0.2, 0) is 0 Å². The van der Waals surface area contributed by atoms with E-state index in [4.69, 9.17) is 0 Å². The zero-order valence-corrected chi connectivity index (χ0v) is 18.6. The van der Waals surface area contributed by atoms with Gasteiger partial charge in [0.25, 0.3) is 0 Å². The molecule has 2 saturated heterocycles. The zero-order valence-electron chi connectivity index (χ0n) is 18.6. The fraction of sp³-hybridized carbons (Fsp3) is 0.760. The normalized spacial score (nSPS) is 28.8. The van der Waals surface area contributed by atoms with Crippen LogP contribution in [0, 0.1) is 11.3 Å². The molecule has 2 unspecified atom stereocenters. The van der Waals surface area contributed by atoms with Gasteiger partial charge in [-0.25, -0.2) is 0 Å². The molecular weight excluding hydrogens is 342 g/mol. The highest BCUT2D eigenvalue weighted by Crippen LogP contribution is 2.53. The molecule has 3 nitrogen and oxygen atoms in total. The van der Waals surface area contributed by atoms with Gasteiger partial charge in [-0.3, -0.25) is 9.80 Å². The molecule has 28 heavy (non-hydrogen) atoms. The van der Waals surface area contributed by atoms with Crippen LogP contribution in [0.4, 0.5) is 0 Å². The predicted octanol–water partition coefficient (Wildman–Crippen LogP) is 4.66. The summed E-state index contributed by atoms with van der Waals surface area (Å²) in [6.07, 6.45) is 5.61. The van der Waals surface area contributed by atoms with Crippen molar-refractivity contribution >= 4 is 0 Å². The maximum absolute atomic E-state index is 3.60. The third kappa shape index (κ3) is 3.91. The smallest absolute Gasteiger partial charge is 0.0481 e. The molecule has 1 aromatic carbocycles. The van der Waals surface area contributed by atoms with Gasteiger partial charge in [0.2, 0.25) is 0 Å². The lowest BCUT2D eigenvalue weighted by Crippen LogP contribution is -2.63. The number of hydrogen-bond acceptors (Lipinski definition) is 3. The van der Waals surface area contributed by atoms with Gasteiger partial charge in [-0.15, -0.1) is 0 Å². The number of piperidine rings is 1. The summed E-state index contributed by atoms with van der Waals surface area (Å²) >= 11 is 0. The van der Waals surface area contributed by atoms with Crippen molar-refractivity contribution in [3.8, 4) is 0 Å². The van der Waals surface area contributed by atoms with Gasteiger partial charge in [-0.05, 0) is 67.2 Å². The van der Waals surface area contributed by atoms with Crippen molar-refractivity contribution in [2.75, 3.05) is 39.3 Å². The molecule has 1 saturated carbocycles. The first kappa shape index (κ1) is 20.4. The van der Waals surface area contributed by atoms with E-state index >= 15 is 0 Å². The molecule has 0 bridgehead atoms. The first-order valence-corrected chi connectivity index (χ1v) is 11.8. The number of nitrogens with zero attached hydrogens (tertiary/aromatic N) is 2. The van der Waals surface area contributed by atoms with Crippen LogP contribution >= 0.6 is 0 Å². The molecule has 0 amide bonds. The lowest BCUT2D eigenvalue weighted by atomic mass is 9.58. The SMILES string of the molecule is CC(C)CN1CCN(C2CCC23CCNCC3)C(c2ccccc2C(C)C)C1. The van der Waals surface area contributed by atoms with Crippen LogP contribution in [0.5, 0.6) is 0 Å². The molecule has 3 heteroatoms. The minimum Gasteiger partial charge on any atom is -0.317 e. The molecular formula is C25H41N3. The summed E-state index contributed by atoms with van der Waals surface area (Å²) in [5.41, 5.74) is 3.75. The van der Waals surface area contributed by atoms with Crippen molar-refractivity contribution in [1.29, 1.82) is 0 Å². The van der Waals surface area contributed by atoms with E-state index in [1.54, 1.807) is 11.1 Å². The summed E-state index contributed by atoms with van der Waals surface area (Å²) in [5, 5.41) is 3.60. The van der Waals surface area contributed by atoms with Crippen molar-refractivity contribution in [3.05, 3.63) is 35.4 Å². The molecule has 1 aromatic rings. The Morgan fingerprint density at radius 2 is 1.79 bits per heavy atom. The molecule has 3 aliphatic rings. The molecule has 3 fully saturated rings. The van der Waals surface area contributed by atoms with E-state index in [0.717, 1.165) is 12.0 Å². The maximum Gasteiger partial charge on any atom is 0.0481 e. The van der Waals surface area contributed by atoms with Crippen LogP contribution in [0.3, 0.4) is 0 Å². The van der Waals surface area contributed by atoms with E-state index in [0.29, 0.717) is 17.4 Å². The Labute approximate surface area is 172 Å². The van der Waals surface area contributed by atoms with E-state index in [9.17, 15) is 0 Å². The summed E-state index contributed by atoms with van der Waals surface area (Å²) in [6.45, 7) is 16.8. The van der Waals surface area contributed by atoms with Gasteiger partial charge in [0.15, 0.2) is 0 Å². The van der Waals surface area contributed by atoms with Crippen molar-refractivity contribution in [1.82, 2.24) is 15.1 Å². The van der Waals surface area contributed by atoms with Crippen LogP contribution < -0.4 is 5.32 Å². The summed E-state index contributed by atoms with van der Waals surface area (Å²) in [4.78, 5) is 5.68. The van der Waals surface area contributed by atoms with Gasteiger partial charge in [-0.2, -0.15) is 0 Å². The van der Waals surface area contributed by atoms with E-state index in [2.05, 4.69) is 67.1 Å². The van der Waals surface area contributed by atoms with Crippen LogP contribution in [0.1, 0.15) is 76.5 Å². The average molecular weight is 384 g/mol. The number of benzene rings is 1. The van der Waals surface area contributed by atoms with Crippen LogP contribution in [0.25, 0.3) is 0 Å². The van der Waals surface area contributed by atoms with E-state index in [1.165, 1.54) is 65.0 Å². The van der Waals surface area contributed by atoms with Crippen molar-refractivity contribution in [2.24, 2.45) is 11.3 Å². The largest absolute Gasteiger partial charge is 0.317 e. The van der Waals surface area contributed by atoms with Gasteiger partial charge >= 0.3 is 0 Å². The quantitative estimate of drug-likeness (QED) is 0.798. The van der Waals surface area contributed by atoms with Crippen LogP contribution in [-0.4, -0.2) is 55.1 Å². The van der Waals surface area contributed by atoms with E-state index < -0.39 is 0 Å². The summed E-state index contributed by atoms with van der Waals surface area (Å²) < 4.78 is 0. The third-order valence-corrected chi connectivity index (χ3v) is 7.73. The second kappa shape index (κ2) is 8.45. The summed E-state index contributed by atoms with van der Waals surface area (Å²) in [7, 11) is 0. The Balaban J connectivity index is 1.63. The number of rotatable bonds is 5. The molecule has 4 rings (SSSR count). The Kier molecular flexibility index (Phi) is 6.15. The molecule has 2 aliphatic heterocycles. The first-order valence-electron chi connectivity index (χ1n) is 11.8. The van der Waals surface area contributed by atoms with Crippen molar-refractivity contribution in [3.63, 3.8) is 0 Å². The Hall–Kier alpha value is -0.900. The standard InChI is InChI=1S/C25H41N3/c1-19(2)17-27-15-16-28(24-9-10-25(24)11-13-26-14-12-25)23(18-27)22-8-6-5-7-21(22)20(3)4/h5-8,19-20,23-24,26H,9-18H2,1-4H3. The lowest BCUT2D eigenvalue weighted by Gasteiger charge is -2.60. The maximum atomic E-state index is 3.60. The molecule has 1 N–H and O–H groups in total. The topological polar surface area (TPSA) is 18.5 Å². The van der Waals surface area contributed by atoms with E-state index in [-0.39, 0.29) is 0 Å². The molecule has 2 atom stereocenters. The number of hydrogen-bond donors (Lipinski definition) is 1. The lowest BCUT2D eigenvalue weighted by molar-refractivity contribution is -0.0905. The third-order valence-electron chi connectivity index (χ3n) is 7.73. The summed E-state index contributed by atoms with van der Waals surface area (Å²) in [5.74, 6) is 1.33. The fourth-order valence-electron chi connectivity index (χ4n) is 6.23. The Morgan fingerprint density at radius 1 is 1.04 bits per heavy atom. The molecule has 1 spiro atoms. The van der Waals surface area contributed by atoms with Gasteiger partial charge in [-0.1, -0.05) is 52.0 Å². The molecule has 1 aliphatic carbocycles. The highest BCUT2D eigenvalue weighted by Gasteiger charge is 2.51. The van der Waals surface area contributed by atoms with Crippen LogP contribution in [0.15, 0.2) is 24.3 Å². The van der Waals surface area contributed by atoms with Gasteiger partial charge < -0.3 is 5.32 Å². The molecule has 0 aromatic heterocycles. The minimum absolute atomic E-state index is 0.558. The Morgan fingerprint density at radius 3 is 2.43 bits per heavy atom. The fourth-order valence-corrected chi connectivity index (χ4v) is 6.23.